The highest BCUT2D eigenvalue weighted by Crippen LogP contribution is 2.33. The van der Waals surface area contributed by atoms with E-state index in [1.165, 1.54) is 12.1 Å². The normalized spacial score (nSPS) is 26.2. The van der Waals surface area contributed by atoms with Crippen LogP contribution in [0.1, 0.15) is 18.4 Å². The zero-order chi connectivity index (χ0) is 13.4. The monoisotopic (exact) mass is 264 g/mol. The number of hydrogen-bond donors (Lipinski definition) is 2. The van der Waals surface area contributed by atoms with Crippen LogP contribution in [0.15, 0.2) is 18.2 Å². The fraction of sp³-hybridized carbons (Fsp3) is 0.500. The molecule has 2 aliphatic rings. The highest BCUT2D eigenvalue weighted by atomic mass is 19.1. The summed E-state index contributed by atoms with van der Waals surface area (Å²) < 4.78 is 13.2. The van der Waals surface area contributed by atoms with Crippen molar-refractivity contribution in [1.82, 2.24) is 5.32 Å². The Morgan fingerprint density at radius 1 is 1.47 bits per heavy atom. The Balaban J connectivity index is 1.95. The first kappa shape index (κ1) is 12.4. The summed E-state index contributed by atoms with van der Waals surface area (Å²) in [6, 6.07) is 4.59. The molecule has 1 aromatic rings. The molecule has 2 fully saturated rings. The summed E-state index contributed by atoms with van der Waals surface area (Å²) in [6.45, 7) is 1.28. The van der Waals surface area contributed by atoms with Crippen LogP contribution in [0.2, 0.25) is 0 Å². The summed E-state index contributed by atoms with van der Waals surface area (Å²) in [7, 11) is 0. The minimum atomic E-state index is -0.345. The number of benzene rings is 1. The second-order valence-corrected chi connectivity index (χ2v) is 5.19. The summed E-state index contributed by atoms with van der Waals surface area (Å²) in [5.41, 5.74) is 1.43. The van der Waals surface area contributed by atoms with E-state index in [1.54, 1.807) is 6.07 Å². The molecule has 2 unspecified atom stereocenters. The van der Waals surface area contributed by atoms with Crippen molar-refractivity contribution in [3.05, 3.63) is 29.6 Å². The predicted octanol–water partition coefficient (Wildman–Crippen LogP) is 1.03. The quantitative estimate of drug-likeness (QED) is 0.839. The van der Waals surface area contributed by atoms with E-state index in [-0.39, 0.29) is 30.3 Å². The Bertz CT molecular complexity index is 506. The summed E-state index contributed by atoms with van der Waals surface area (Å²) >= 11 is 0. The number of anilines is 1. The highest BCUT2D eigenvalue weighted by molar-refractivity contribution is 5.83. The second kappa shape index (κ2) is 4.81. The molecule has 1 amide bonds. The smallest absolute Gasteiger partial charge is 0.225 e. The van der Waals surface area contributed by atoms with E-state index < -0.39 is 0 Å². The van der Waals surface area contributed by atoms with Crippen molar-refractivity contribution in [1.29, 1.82) is 0 Å². The van der Waals surface area contributed by atoms with Gasteiger partial charge in [-0.15, -0.1) is 0 Å². The Morgan fingerprint density at radius 2 is 2.32 bits per heavy atom. The molecule has 2 aliphatic heterocycles. The molecule has 0 aliphatic carbocycles. The molecule has 1 aromatic carbocycles. The molecule has 0 bridgehead atoms. The van der Waals surface area contributed by atoms with E-state index in [9.17, 15) is 14.3 Å². The lowest BCUT2D eigenvalue weighted by atomic mass is 9.90. The molecule has 0 radical (unpaired) electrons. The molecule has 2 heterocycles. The van der Waals surface area contributed by atoms with Gasteiger partial charge in [0.1, 0.15) is 5.82 Å². The molecule has 2 N–H and O–H groups in total. The van der Waals surface area contributed by atoms with E-state index in [1.807, 2.05) is 0 Å². The van der Waals surface area contributed by atoms with Crippen molar-refractivity contribution in [2.75, 3.05) is 18.0 Å². The second-order valence-electron chi connectivity index (χ2n) is 5.19. The molecule has 3 rings (SSSR count). The number of aliphatic hydroxyl groups is 1. The van der Waals surface area contributed by atoms with Crippen LogP contribution in [0.4, 0.5) is 10.1 Å². The largest absolute Gasteiger partial charge is 0.392 e. The third-order valence-electron chi connectivity index (χ3n) is 4.12. The van der Waals surface area contributed by atoms with Crippen LogP contribution in [-0.2, 0) is 11.4 Å². The fourth-order valence-electron chi connectivity index (χ4n) is 3.21. The summed E-state index contributed by atoms with van der Waals surface area (Å²) in [4.78, 5) is 13.9. The van der Waals surface area contributed by atoms with Crippen molar-refractivity contribution < 1.29 is 14.3 Å². The number of rotatable bonds is 2. The van der Waals surface area contributed by atoms with Gasteiger partial charge in [-0.25, -0.2) is 4.39 Å². The highest BCUT2D eigenvalue weighted by Gasteiger charge is 2.41. The lowest BCUT2D eigenvalue weighted by Gasteiger charge is -2.38. The first-order valence-corrected chi connectivity index (χ1v) is 6.64. The van der Waals surface area contributed by atoms with E-state index in [0.29, 0.717) is 12.1 Å². The maximum atomic E-state index is 13.2. The minimum absolute atomic E-state index is 0.0188. The van der Waals surface area contributed by atoms with Crippen molar-refractivity contribution in [3.63, 3.8) is 0 Å². The lowest BCUT2D eigenvalue weighted by molar-refractivity contribution is -0.122. The molecule has 0 spiro atoms. The third kappa shape index (κ3) is 2.08. The topological polar surface area (TPSA) is 52.6 Å². The Hall–Kier alpha value is -1.62. The van der Waals surface area contributed by atoms with Gasteiger partial charge in [-0.2, -0.15) is 0 Å². The minimum Gasteiger partial charge on any atom is -0.392 e. The first-order valence-electron chi connectivity index (χ1n) is 6.64. The summed E-state index contributed by atoms with van der Waals surface area (Å²) in [5, 5.41) is 12.3. The van der Waals surface area contributed by atoms with Gasteiger partial charge in [0.15, 0.2) is 0 Å². The molecule has 102 valence electrons. The number of halogens is 1. The average Bonchev–Trinajstić information content (AvgIpc) is 2.81. The van der Waals surface area contributed by atoms with Gasteiger partial charge in [0.2, 0.25) is 5.91 Å². The number of carbonyl (C=O) groups excluding carboxylic acids is 1. The van der Waals surface area contributed by atoms with Crippen molar-refractivity contribution in [3.8, 4) is 0 Å². The molecular weight excluding hydrogens is 247 g/mol. The number of amides is 1. The standard InChI is InChI=1S/C14H17FN2O2/c15-10-3-4-12(9(6-10)8-18)17-5-1-2-11-13(17)7-16-14(11)19/h3-4,6,11,13,18H,1-2,5,7-8H2,(H,16,19). The van der Waals surface area contributed by atoms with Crippen LogP contribution in [0.25, 0.3) is 0 Å². The zero-order valence-electron chi connectivity index (χ0n) is 10.6. The fourth-order valence-corrected chi connectivity index (χ4v) is 3.21. The van der Waals surface area contributed by atoms with Gasteiger partial charge in [-0.05, 0) is 31.0 Å². The van der Waals surface area contributed by atoms with Crippen molar-refractivity contribution in [2.45, 2.75) is 25.5 Å². The summed E-state index contributed by atoms with van der Waals surface area (Å²) in [5.74, 6) is -0.213. The maximum absolute atomic E-state index is 13.2. The van der Waals surface area contributed by atoms with Gasteiger partial charge in [-0.3, -0.25) is 4.79 Å². The SMILES string of the molecule is O=C1NCC2C1CCCN2c1ccc(F)cc1CO. The van der Waals surface area contributed by atoms with Crippen LogP contribution < -0.4 is 10.2 Å². The van der Waals surface area contributed by atoms with Crippen molar-refractivity contribution in [2.24, 2.45) is 5.92 Å². The number of aliphatic hydroxyl groups excluding tert-OH is 1. The number of nitrogens with zero attached hydrogens (tertiary/aromatic N) is 1. The number of fused-ring (bicyclic) bond motifs is 1. The van der Waals surface area contributed by atoms with E-state index in [0.717, 1.165) is 25.1 Å². The van der Waals surface area contributed by atoms with E-state index in [4.69, 9.17) is 0 Å². The molecule has 4 nitrogen and oxygen atoms in total. The van der Waals surface area contributed by atoms with Gasteiger partial charge in [-0.1, -0.05) is 0 Å². The van der Waals surface area contributed by atoms with Gasteiger partial charge < -0.3 is 15.3 Å². The number of carbonyl (C=O) groups is 1. The molecule has 0 aromatic heterocycles. The van der Waals surface area contributed by atoms with Crippen LogP contribution in [0, 0.1) is 11.7 Å². The molecule has 19 heavy (non-hydrogen) atoms. The number of hydrogen-bond acceptors (Lipinski definition) is 3. The van der Waals surface area contributed by atoms with E-state index in [2.05, 4.69) is 10.2 Å². The maximum Gasteiger partial charge on any atom is 0.225 e. The van der Waals surface area contributed by atoms with Crippen molar-refractivity contribution >= 4 is 11.6 Å². The van der Waals surface area contributed by atoms with Crippen LogP contribution in [0.3, 0.4) is 0 Å². The molecule has 0 saturated carbocycles. The van der Waals surface area contributed by atoms with Crippen LogP contribution in [0.5, 0.6) is 0 Å². The molecular formula is C14H17FN2O2. The van der Waals surface area contributed by atoms with Crippen LogP contribution in [-0.4, -0.2) is 30.1 Å². The van der Waals surface area contributed by atoms with Gasteiger partial charge >= 0.3 is 0 Å². The number of piperidine rings is 1. The lowest BCUT2D eigenvalue weighted by Crippen LogP contribution is -2.46. The zero-order valence-corrected chi connectivity index (χ0v) is 10.6. The number of nitrogens with one attached hydrogen (secondary N) is 1. The Morgan fingerprint density at radius 3 is 3.11 bits per heavy atom. The molecule has 2 atom stereocenters. The van der Waals surface area contributed by atoms with Gasteiger partial charge in [0.25, 0.3) is 0 Å². The molecule has 5 heteroatoms. The van der Waals surface area contributed by atoms with Gasteiger partial charge in [0, 0.05) is 24.3 Å². The molecule has 2 saturated heterocycles. The third-order valence-corrected chi connectivity index (χ3v) is 4.12. The Labute approximate surface area is 111 Å². The predicted molar refractivity (Wildman–Crippen MR) is 69.2 cm³/mol. The summed E-state index contributed by atoms with van der Waals surface area (Å²) in [6.07, 6.45) is 1.85. The first-order chi connectivity index (χ1) is 9.20. The van der Waals surface area contributed by atoms with Crippen LogP contribution >= 0.6 is 0 Å². The van der Waals surface area contributed by atoms with E-state index >= 15 is 0 Å². The van der Waals surface area contributed by atoms with Gasteiger partial charge in [0.05, 0.1) is 18.6 Å². The Kier molecular flexibility index (Phi) is 3.14. The average molecular weight is 264 g/mol.